The van der Waals surface area contributed by atoms with Crippen LogP contribution in [0, 0.1) is 36.0 Å². The molecule has 2 unspecified atom stereocenters. The van der Waals surface area contributed by atoms with Crippen molar-refractivity contribution in [3.8, 4) is 39.4 Å². The van der Waals surface area contributed by atoms with Gasteiger partial charge in [0, 0.05) is 101 Å². The number of pyridine rings is 8. The molecule has 0 spiro atoms. The third-order valence-corrected chi connectivity index (χ3v) is 31.1. The van der Waals surface area contributed by atoms with Crippen molar-refractivity contribution < 1.29 is 62.4 Å². The molecule has 8 aromatic heterocycles. The molecule has 5 aliphatic rings. The molecule has 11 aromatic rings. The van der Waals surface area contributed by atoms with E-state index in [2.05, 4.69) is 151 Å². The van der Waals surface area contributed by atoms with Gasteiger partial charge in [-0.2, -0.15) is 8.42 Å². The molecule has 1 saturated carbocycles. The first kappa shape index (κ1) is 103. The number of hydrogen-bond acceptors (Lipinski definition) is 29. The van der Waals surface area contributed by atoms with Gasteiger partial charge in [0.15, 0.2) is 9.92 Å². The molecular weight excluding hydrogens is 1870 g/mol. The Bertz CT molecular complexity index is 7110. The van der Waals surface area contributed by atoms with Gasteiger partial charge in [0.05, 0.1) is 52.4 Å². The Kier molecular flexibility index (Phi) is 30.1. The number of carbonyl (C=O) groups is 5. The molecule has 16 rings (SSSR count). The number of benzene rings is 3. The second kappa shape index (κ2) is 40.6. The maximum absolute atomic E-state index is 13.4. The van der Waals surface area contributed by atoms with Crippen molar-refractivity contribution in [2.75, 3.05) is 70.1 Å². The zero-order chi connectivity index (χ0) is 101. The number of nitrogens with one attached hydrogen (secondary N) is 5. The summed E-state index contributed by atoms with van der Waals surface area (Å²) in [6.45, 7) is 34.2. The summed E-state index contributed by atoms with van der Waals surface area (Å²) in [4.78, 5) is 118. The highest BCUT2D eigenvalue weighted by molar-refractivity contribution is 7.91. The molecule has 11 N–H and O–H groups in total. The van der Waals surface area contributed by atoms with Crippen LogP contribution in [0.15, 0.2) is 219 Å². The van der Waals surface area contributed by atoms with Crippen LogP contribution >= 0.6 is 11.6 Å². The second-order valence-electron chi connectivity index (χ2n) is 39.5. The first-order chi connectivity index (χ1) is 65.2. The molecule has 5 fully saturated rings. The maximum atomic E-state index is 13.4. The molecule has 0 radical (unpaired) electrons. The van der Waals surface area contributed by atoms with Gasteiger partial charge in [-0.1, -0.05) is 108 Å². The molecule has 34 nitrogen and oxygen atoms in total. The zero-order valence-electron chi connectivity index (χ0n) is 80.4. The fourth-order valence-corrected chi connectivity index (χ4v) is 23.5. The summed E-state index contributed by atoms with van der Waals surface area (Å²) in [6, 6.07) is 46.2. The number of rotatable bonds is 21. The number of nitrogens with zero attached hydrogens (tertiary/aromatic N) is 11. The van der Waals surface area contributed by atoms with Crippen LogP contribution < -0.4 is 66.0 Å². The van der Waals surface area contributed by atoms with Gasteiger partial charge in [-0.3, -0.25) is 28.8 Å². The van der Waals surface area contributed by atoms with Crippen molar-refractivity contribution in [3.63, 3.8) is 0 Å². The predicted molar refractivity (Wildman–Crippen MR) is 537 cm³/mol. The van der Waals surface area contributed by atoms with Gasteiger partial charge in [-0.25, -0.2) is 79.0 Å². The Hall–Kier alpha value is -13.3. The van der Waals surface area contributed by atoms with Crippen molar-refractivity contribution in [2.24, 2.45) is 29.1 Å². The Balaban J connectivity index is 0.000000156. The van der Waals surface area contributed by atoms with Gasteiger partial charge >= 0.3 is 0 Å². The summed E-state index contributed by atoms with van der Waals surface area (Å²) in [5, 5.41) is 0.221. The normalized spacial score (nSPS) is 19.0. The number of nitrogens with two attached hydrogens (primary N) is 3. The highest BCUT2D eigenvalue weighted by Gasteiger charge is 2.46. The molecule has 734 valence electrons. The largest absolute Gasteiger partial charge is 0.497 e. The average Bonchev–Trinajstić information content (AvgIpc) is 1.61. The standard InChI is InChI=1S/C26H35N5O4S.C25H29N5O4S.C25H29N5O3S.C24H25ClN4O4S/c1-16-13-26(4,5)31(15-16)23-17(24(33)30-36(34,35)21-7-6-12-28-22(21)27)8-9-19(29-23)18-14-25(2,3)11-10-20(18)32;1-16-13-25(2,3)30(15-16)23-20(12-18(14-27-23)17-8-10-19(34-4)11-9-17)24(31)29-35(32,33)22-7-5-6-21(26)28-22;1-16-14-25(3,4)30(15-16)23-19(11-12-20(28-23)18-9-6-5-8-17(18)2)24(31)29-34(32,33)21-10-7-13-27-22(21)26;1-15-13-24(2,3)29(14-15)21-18(9-10-19(27-21)16-6-4-7-17(25)12-16)22(30)28-34(32,33)20-8-5-11-26-23(20)31/h6-9,12,16,18H,10-11,13-15H2,1-5H3,(H2,27,28)(H,30,33);5-12,14,16H,13,15H2,1-4H3,(H2,26,28)(H,29,31);5-13,16H,14-15H2,1-4H3,(H2,26,27)(H,29,31);4-12,15H,13-14H2,1-3H3,(H,26,31)(H,28,30)/t16-,18?;;16-;15-/m0.00/s1. The predicted octanol–water partition coefficient (Wildman–Crippen LogP) is 14.8. The SMILES string of the molecule is COc1ccc(-c2cnc(N3CC(C)CC3(C)C)c(C(=O)NS(=O)(=O)c3cccc(N)n3)c2)cc1.C[C@@H]1CN(c2nc(-c3cccc(Cl)c3)ccc2C(=O)NS(=O)(=O)c2ccc[nH]c2=O)C(C)(C)C1.C[C@@H]1CN(c2nc(C3CC(C)(C)CCC3=O)ccc2C(=O)NS(=O)(=O)c2cccnc2N)C(C)(C)C1.Cc1ccccc1-c1ccc(C(=O)NS(=O)(=O)c2cccnc2N)c(N2C[C@@H](C)CC2(C)C)n1. The summed E-state index contributed by atoms with van der Waals surface area (Å²) in [6.07, 6.45) is 11.4. The molecule has 39 heteroatoms. The molecule has 4 amide bonds. The van der Waals surface area contributed by atoms with Crippen LogP contribution in [0.5, 0.6) is 5.75 Å². The van der Waals surface area contributed by atoms with Gasteiger partial charge in [-0.15, -0.1) is 0 Å². The van der Waals surface area contributed by atoms with Crippen molar-refractivity contribution in [1.29, 1.82) is 0 Å². The fraction of sp³-hybridized carbons (Fsp3) is 0.370. The van der Waals surface area contributed by atoms with Gasteiger partial charge in [0.25, 0.3) is 69.3 Å². The molecular formula is C100H118ClN19O15S4. The third kappa shape index (κ3) is 23.7. The number of amides is 4. The van der Waals surface area contributed by atoms with Crippen LogP contribution in [0.1, 0.15) is 200 Å². The van der Waals surface area contributed by atoms with Gasteiger partial charge in [-0.05, 0) is 256 Å². The smallest absolute Gasteiger partial charge is 0.281 e. The molecule has 4 saturated heterocycles. The van der Waals surface area contributed by atoms with Gasteiger partial charge in [0.1, 0.15) is 62.0 Å². The number of H-pyrrole nitrogens is 1. The van der Waals surface area contributed by atoms with E-state index in [1.54, 1.807) is 67.9 Å². The van der Waals surface area contributed by atoms with E-state index in [1.807, 2.05) is 77.2 Å². The lowest BCUT2D eigenvalue weighted by atomic mass is 9.70. The van der Waals surface area contributed by atoms with Crippen molar-refractivity contribution >= 4 is 122 Å². The van der Waals surface area contributed by atoms with Crippen LogP contribution in [-0.4, -0.2) is 158 Å². The number of aryl methyl sites for hydroxylation is 1. The number of carbonyl (C=O) groups excluding carboxylic acids is 5. The minimum Gasteiger partial charge on any atom is -0.497 e. The minimum atomic E-state index is -4.39. The van der Waals surface area contributed by atoms with E-state index >= 15 is 0 Å². The minimum absolute atomic E-state index is 0.00955. The third-order valence-electron chi connectivity index (χ3n) is 25.5. The lowest BCUT2D eigenvalue weighted by molar-refractivity contribution is -0.124. The van der Waals surface area contributed by atoms with Crippen LogP contribution in [0.2, 0.25) is 5.02 Å². The summed E-state index contributed by atoms with van der Waals surface area (Å²) in [7, 11) is -15.5. The van der Waals surface area contributed by atoms with Gasteiger partial charge < -0.3 is 46.5 Å². The van der Waals surface area contributed by atoms with E-state index in [1.165, 1.54) is 67.1 Å². The lowest BCUT2D eigenvalue weighted by Gasteiger charge is -2.36. The first-order valence-electron chi connectivity index (χ1n) is 45.4. The number of hydrogen-bond donors (Lipinski definition) is 8. The monoisotopic (exact) mass is 1990 g/mol. The summed E-state index contributed by atoms with van der Waals surface area (Å²) >= 11 is 6.15. The van der Waals surface area contributed by atoms with E-state index in [0.29, 0.717) is 114 Å². The second-order valence-corrected chi connectivity index (χ2v) is 46.5. The van der Waals surface area contributed by atoms with Crippen molar-refractivity contribution in [2.45, 2.75) is 197 Å². The molecule has 3 aromatic carbocycles. The van der Waals surface area contributed by atoms with Crippen LogP contribution in [0.3, 0.4) is 0 Å². The summed E-state index contributed by atoms with van der Waals surface area (Å²) in [5.74, 6) is 0.101. The van der Waals surface area contributed by atoms with E-state index in [-0.39, 0.29) is 93.8 Å². The molecule has 12 heterocycles. The number of methoxy groups -OCH3 is 1. The quantitative estimate of drug-likeness (QED) is 0.0331. The number of ether oxygens (including phenoxy) is 1. The number of Topliss-reactive ketones (excluding diaryl/α,β-unsaturated/α-hetero) is 1. The number of sulfonamides is 4. The highest BCUT2D eigenvalue weighted by Crippen LogP contribution is 2.46. The Morgan fingerprint density at radius 3 is 1.37 bits per heavy atom. The molecule has 4 aliphatic heterocycles. The Morgan fingerprint density at radius 2 is 0.899 bits per heavy atom. The number of ketones is 1. The summed E-state index contributed by atoms with van der Waals surface area (Å²) in [5.41, 5.74) is 22.0. The van der Waals surface area contributed by atoms with Crippen molar-refractivity contribution in [1.82, 2.24) is 58.8 Å². The van der Waals surface area contributed by atoms with Crippen molar-refractivity contribution in [3.05, 3.63) is 244 Å². The first-order valence-corrected chi connectivity index (χ1v) is 51.7. The van der Waals surface area contributed by atoms with Crippen LogP contribution in [0.4, 0.5) is 40.7 Å². The number of aromatic nitrogens is 8. The number of halogens is 1. The Morgan fingerprint density at radius 1 is 0.446 bits per heavy atom. The van der Waals surface area contributed by atoms with E-state index in [0.717, 1.165) is 66.1 Å². The van der Waals surface area contributed by atoms with Crippen LogP contribution in [0.25, 0.3) is 33.6 Å². The van der Waals surface area contributed by atoms with Crippen LogP contribution in [-0.2, 0) is 44.9 Å². The summed E-state index contributed by atoms with van der Waals surface area (Å²) < 4.78 is 117. The van der Waals surface area contributed by atoms with Gasteiger partial charge in [0.2, 0.25) is 0 Å². The topological polar surface area (TPSA) is 493 Å². The maximum Gasteiger partial charge on any atom is 0.281 e. The average molecular weight is 1990 g/mol. The molecule has 1 aliphatic carbocycles. The highest BCUT2D eigenvalue weighted by atomic mass is 35.5. The lowest BCUT2D eigenvalue weighted by Crippen LogP contribution is -2.41. The Labute approximate surface area is 816 Å². The van der Waals surface area contributed by atoms with E-state index < -0.39 is 74.2 Å². The number of anilines is 7. The van der Waals surface area contributed by atoms with E-state index in [9.17, 15) is 62.4 Å². The molecule has 139 heavy (non-hydrogen) atoms. The number of nitrogen functional groups attached to an aromatic ring is 3. The van der Waals surface area contributed by atoms with E-state index in [4.69, 9.17) is 48.5 Å². The zero-order valence-corrected chi connectivity index (χ0v) is 84.4. The number of aromatic amines is 1. The fourth-order valence-electron chi connectivity index (χ4n) is 19.2. The molecule has 0 bridgehead atoms. The molecule has 5 atom stereocenters.